The highest BCUT2D eigenvalue weighted by molar-refractivity contribution is 9.10. The Balaban J connectivity index is 2.17. The van der Waals surface area contributed by atoms with Crippen LogP contribution in [0.25, 0.3) is 0 Å². The number of hydrogen-bond donors (Lipinski definition) is 0. The summed E-state index contributed by atoms with van der Waals surface area (Å²) in [6.45, 7) is 2.64. The SMILES string of the molecule is CCN(Cc1ccc(C(=O)N(C)C)cc1)C(=O)c1cc(Br)ccc1F. The standard InChI is InChI=1S/C19H20BrFN2O2/c1-4-23(19(25)16-11-15(20)9-10-17(16)21)12-13-5-7-14(8-6-13)18(24)22(2)3/h5-11H,4,12H2,1-3H3. The highest BCUT2D eigenvalue weighted by Crippen LogP contribution is 2.18. The van der Waals surface area contributed by atoms with Crippen molar-refractivity contribution >= 4 is 27.7 Å². The first-order valence-electron chi connectivity index (χ1n) is 7.88. The van der Waals surface area contributed by atoms with E-state index >= 15 is 0 Å². The van der Waals surface area contributed by atoms with Gasteiger partial charge in [-0.2, -0.15) is 0 Å². The molecule has 0 atom stereocenters. The van der Waals surface area contributed by atoms with Gasteiger partial charge in [-0.25, -0.2) is 4.39 Å². The van der Waals surface area contributed by atoms with Crippen molar-refractivity contribution in [3.63, 3.8) is 0 Å². The zero-order chi connectivity index (χ0) is 18.6. The average Bonchev–Trinajstić information content (AvgIpc) is 2.61. The van der Waals surface area contributed by atoms with Crippen molar-refractivity contribution in [2.24, 2.45) is 0 Å². The van der Waals surface area contributed by atoms with E-state index in [0.717, 1.165) is 5.56 Å². The molecule has 2 rings (SSSR count). The van der Waals surface area contributed by atoms with E-state index in [1.165, 1.54) is 17.0 Å². The molecule has 2 aromatic carbocycles. The summed E-state index contributed by atoms with van der Waals surface area (Å²) < 4.78 is 14.6. The molecule has 0 saturated carbocycles. The van der Waals surface area contributed by atoms with Crippen molar-refractivity contribution in [1.29, 1.82) is 0 Å². The molecule has 0 N–H and O–H groups in total. The predicted molar refractivity (Wildman–Crippen MR) is 99.0 cm³/mol. The van der Waals surface area contributed by atoms with Crippen LogP contribution in [0.4, 0.5) is 4.39 Å². The molecule has 0 spiro atoms. The summed E-state index contributed by atoms with van der Waals surface area (Å²) in [6, 6.07) is 11.4. The van der Waals surface area contributed by atoms with Crippen LogP contribution in [0.15, 0.2) is 46.9 Å². The molecule has 0 heterocycles. The second kappa shape index (κ2) is 8.25. The number of benzene rings is 2. The number of rotatable bonds is 5. The third kappa shape index (κ3) is 4.66. The summed E-state index contributed by atoms with van der Waals surface area (Å²) in [4.78, 5) is 27.6. The van der Waals surface area contributed by atoms with Crippen LogP contribution in [0, 0.1) is 5.82 Å². The van der Waals surface area contributed by atoms with E-state index in [2.05, 4.69) is 15.9 Å². The normalized spacial score (nSPS) is 10.4. The van der Waals surface area contributed by atoms with Crippen LogP contribution in [0.3, 0.4) is 0 Å². The number of amides is 2. The minimum Gasteiger partial charge on any atom is -0.345 e. The molecule has 0 saturated heterocycles. The van der Waals surface area contributed by atoms with Crippen molar-refractivity contribution in [3.8, 4) is 0 Å². The molecule has 2 aromatic rings. The maximum atomic E-state index is 14.0. The van der Waals surface area contributed by atoms with Gasteiger partial charge in [-0.1, -0.05) is 28.1 Å². The molecular formula is C19H20BrFN2O2. The van der Waals surface area contributed by atoms with E-state index in [9.17, 15) is 14.0 Å². The summed E-state index contributed by atoms with van der Waals surface area (Å²) in [5.41, 5.74) is 1.50. The largest absolute Gasteiger partial charge is 0.345 e. The first kappa shape index (κ1) is 19.1. The van der Waals surface area contributed by atoms with E-state index < -0.39 is 5.82 Å². The molecule has 6 heteroatoms. The van der Waals surface area contributed by atoms with Crippen LogP contribution < -0.4 is 0 Å². The fourth-order valence-corrected chi connectivity index (χ4v) is 2.75. The highest BCUT2D eigenvalue weighted by Gasteiger charge is 2.19. The van der Waals surface area contributed by atoms with Gasteiger partial charge >= 0.3 is 0 Å². The quantitative estimate of drug-likeness (QED) is 0.753. The lowest BCUT2D eigenvalue weighted by Crippen LogP contribution is -2.31. The van der Waals surface area contributed by atoms with Gasteiger partial charge in [-0.3, -0.25) is 9.59 Å². The maximum absolute atomic E-state index is 14.0. The molecule has 2 amide bonds. The van der Waals surface area contributed by atoms with Crippen molar-refractivity contribution in [2.75, 3.05) is 20.6 Å². The van der Waals surface area contributed by atoms with Gasteiger partial charge in [0.25, 0.3) is 11.8 Å². The number of carbonyl (C=O) groups excluding carboxylic acids is 2. The minimum absolute atomic E-state index is 0.0376. The number of nitrogens with zero attached hydrogens (tertiary/aromatic N) is 2. The van der Waals surface area contributed by atoms with Gasteiger partial charge in [0.2, 0.25) is 0 Å². The Hall–Kier alpha value is -2.21. The second-order valence-corrected chi connectivity index (χ2v) is 6.76. The first-order valence-corrected chi connectivity index (χ1v) is 8.67. The van der Waals surface area contributed by atoms with Crippen molar-refractivity contribution in [3.05, 3.63) is 69.4 Å². The zero-order valence-corrected chi connectivity index (χ0v) is 16.0. The van der Waals surface area contributed by atoms with Gasteiger partial charge in [0.15, 0.2) is 0 Å². The van der Waals surface area contributed by atoms with Crippen LogP contribution in [-0.4, -0.2) is 42.3 Å². The zero-order valence-electron chi connectivity index (χ0n) is 14.4. The van der Waals surface area contributed by atoms with Crippen LogP contribution in [0.2, 0.25) is 0 Å². The van der Waals surface area contributed by atoms with Gasteiger partial charge < -0.3 is 9.80 Å². The fraction of sp³-hybridized carbons (Fsp3) is 0.263. The summed E-state index contributed by atoms with van der Waals surface area (Å²) in [6.07, 6.45) is 0. The third-order valence-corrected chi connectivity index (χ3v) is 4.30. The molecule has 4 nitrogen and oxygen atoms in total. The second-order valence-electron chi connectivity index (χ2n) is 5.84. The van der Waals surface area contributed by atoms with E-state index in [-0.39, 0.29) is 17.4 Å². The van der Waals surface area contributed by atoms with Crippen LogP contribution in [-0.2, 0) is 6.54 Å². The van der Waals surface area contributed by atoms with E-state index in [0.29, 0.717) is 23.1 Å². The Kier molecular flexibility index (Phi) is 6.31. The molecule has 0 aliphatic carbocycles. The van der Waals surface area contributed by atoms with Gasteiger partial charge in [0.05, 0.1) is 5.56 Å². The monoisotopic (exact) mass is 406 g/mol. The van der Waals surface area contributed by atoms with Crippen LogP contribution >= 0.6 is 15.9 Å². The molecule has 0 aliphatic heterocycles. The number of halogens is 2. The van der Waals surface area contributed by atoms with Gasteiger partial charge in [-0.05, 0) is 42.8 Å². The molecule has 25 heavy (non-hydrogen) atoms. The maximum Gasteiger partial charge on any atom is 0.257 e. The predicted octanol–water partition coefficient (Wildman–Crippen LogP) is 3.95. The molecule has 132 valence electrons. The smallest absolute Gasteiger partial charge is 0.257 e. The summed E-state index contributed by atoms with van der Waals surface area (Å²) >= 11 is 3.26. The number of carbonyl (C=O) groups is 2. The van der Waals surface area contributed by atoms with Gasteiger partial charge in [0.1, 0.15) is 5.82 Å². The van der Waals surface area contributed by atoms with E-state index in [1.54, 1.807) is 37.2 Å². The summed E-state index contributed by atoms with van der Waals surface area (Å²) in [5.74, 6) is -0.987. The molecule has 0 fully saturated rings. The lowest BCUT2D eigenvalue weighted by Gasteiger charge is -2.21. The Labute approximate surface area is 155 Å². The first-order chi connectivity index (χ1) is 11.8. The van der Waals surface area contributed by atoms with Crippen LogP contribution in [0.1, 0.15) is 33.2 Å². The lowest BCUT2D eigenvalue weighted by atomic mass is 10.1. The Morgan fingerprint density at radius 2 is 1.68 bits per heavy atom. The van der Waals surface area contributed by atoms with Crippen LogP contribution in [0.5, 0.6) is 0 Å². The van der Waals surface area contributed by atoms with Crippen molar-refractivity contribution < 1.29 is 14.0 Å². The molecule has 0 radical (unpaired) electrons. The molecule has 0 aliphatic rings. The summed E-state index contributed by atoms with van der Waals surface area (Å²) in [7, 11) is 3.39. The van der Waals surface area contributed by atoms with Gasteiger partial charge in [-0.15, -0.1) is 0 Å². The van der Waals surface area contributed by atoms with Gasteiger partial charge in [0, 0.05) is 37.2 Å². The Morgan fingerprint density at radius 1 is 1.04 bits per heavy atom. The lowest BCUT2D eigenvalue weighted by molar-refractivity contribution is 0.0746. The highest BCUT2D eigenvalue weighted by atomic mass is 79.9. The third-order valence-electron chi connectivity index (χ3n) is 3.81. The Morgan fingerprint density at radius 3 is 2.24 bits per heavy atom. The van der Waals surface area contributed by atoms with E-state index in [4.69, 9.17) is 0 Å². The number of hydrogen-bond acceptors (Lipinski definition) is 2. The average molecular weight is 407 g/mol. The van der Waals surface area contributed by atoms with E-state index in [1.807, 2.05) is 19.1 Å². The minimum atomic E-state index is -0.543. The fourth-order valence-electron chi connectivity index (χ4n) is 2.39. The summed E-state index contributed by atoms with van der Waals surface area (Å²) in [5, 5.41) is 0. The molecule has 0 bridgehead atoms. The van der Waals surface area contributed by atoms with Crippen molar-refractivity contribution in [1.82, 2.24) is 9.80 Å². The molecule has 0 aromatic heterocycles. The molecular weight excluding hydrogens is 387 g/mol. The van der Waals surface area contributed by atoms with Crippen molar-refractivity contribution in [2.45, 2.75) is 13.5 Å². The molecule has 0 unspecified atom stereocenters. The Bertz CT molecular complexity index is 775. The topological polar surface area (TPSA) is 40.6 Å².